The van der Waals surface area contributed by atoms with E-state index < -0.39 is 0 Å². The highest BCUT2D eigenvalue weighted by molar-refractivity contribution is 5.91. The van der Waals surface area contributed by atoms with E-state index in [0.717, 1.165) is 6.42 Å². The van der Waals surface area contributed by atoms with Crippen LogP contribution >= 0.6 is 0 Å². The summed E-state index contributed by atoms with van der Waals surface area (Å²) in [7, 11) is 0. The monoisotopic (exact) mass is 336 g/mol. The molecule has 5 rings (SSSR count). The van der Waals surface area contributed by atoms with Gasteiger partial charge in [0.05, 0.1) is 5.52 Å². The SMILES string of the molecule is NC1C=Cc2c(c3ccccc3n2-c2ccc(-c3ccccc3)cc2)C1. The van der Waals surface area contributed by atoms with Crippen molar-refractivity contribution in [3.05, 3.63) is 96.2 Å². The molecule has 26 heavy (non-hydrogen) atoms. The lowest BCUT2D eigenvalue weighted by Crippen LogP contribution is -2.22. The van der Waals surface area contributed by atoms with E-state index in [-0.39, 0.29) is 6.04 Å². The minimum Gasteiger partial charge on any atom is -0.324 e. The number of benzene rings is 3. The summed E-state index contributed by atoms with van der Waals surface area (Å²) in [4.78, 5) is 0. The van der Waals surface area contributed by atoms with Gasteiger partial charge in [0.2, 0.25) is 0 Å². The summed E-state index contributed by atoms with van der Waals surface area (Å²) in [5, 5.41) is 1.30. The minimum atomic E-state index is 0.0993. The maximum Gasteiger partial charge on any atom is 0.0537 e. The van der Waals surface area contributed by atoms with Crippen LogP contribution < -0.4 is 5.73 Å². The largest absolute Gasteiger partial charge is 0.324 e. The molecule has 1 heterocycles. The third kappa shape index (κ3) is 2.39. The van der Waals surface area contributed by atoms with E-state index in [1.165, 1.54) is 39.0 Å². The lowest BCUT2D eigenvalue weighted by molar-refractivity contribution is 0.801. The van der Waals surface area contributed by atoms with Crippen LogP contribution in [0.2, 0.25) is 0 Å². The topological polar surface area (TPSA) is 30.9 Å². The summed E-state index contributed by atoms with van der Waals surface area (Å²) in [6.07, 6.45) is 5.17. The number of para-hydroxylation sites is 1. The Morgan fingerprint density at radius 2 is 1.46 bits per heavy atom. The van der Waals surface area contributed by atoms with Gasteiger partial charge < -0.3 is 10.3 Å². The van der Waals surface area contributed by atoms with Crippen molar-refractivity contribution in [1.82, 2.24) is 4.57 Å². The Balaban J connectivity index is 1.68. The quantitative estimate of drug-likeness (QED) is 0.536. The molecule has 0 saturated heterocycles. The molecule has 2 heteroatoms. The smallest absolute Gasteiger partial charge is 0.0537 e. The summed E-state index contributed by atoms with van der Waals surface area (Å²) >= 11 is 0. The van der Waals surface area contributed by atoms with Crippen molar-refractivity contribution in [3.63, 3.8) is 0 Å². The van der Waals surface area contributed by atoms with Gasteiger partial charge in [-0.3, -0.25) is 0 Å². The Morgan fingerprint density at radius 3 is 2.27 bits per heavy atom. The van der Waals surface area contributed by atoms with Gasteiger partial charge in [0, 0.05) is 22.8 Å². The molecular weight excluding hydrogens is 316 g/mol. The second-order valence-corrected chi connectivity index (χ2v) is 6.86. The van der Waals surface area contributed by atoms with Crippen LogP contribution in [0.4, 0.5) is 0 Å². The Bertz CT molecular complexity index is 1100. The van der Waals surface area contributed by atoms with Crippen molar-refractivity contribution < 1.29 is 0 Å². The van der Waals surface area contributed by atoms with E-state index in [1.54, 1.807) is 0 Å². The minimum absolute atomic E-state index is 0.0993. The van der Waals surface area contributed by atoms with Crippen molar-refractivity contribution >= 4 is 17.0 Å². The molecule has 2 N–H and O–H groups in total. The molecule has 1 aliphatic carbocycles. The third-order valence-electron chi connectivity index (χ3n) is 5.19. The van der Waals surface area contributed by atoms with Gasteiger partial charge in [-0.1, -0.05) is 66.7 Å². The lowest BCUT2D eigenvalue weighted by Gasteiger charge is -2.15. The average molecular weight is 336 g/mol. The predicted octanol–water partition coefficient (Wildman–Crippen LogP) is 5.19. The molecule has 0 fully saturated rings. The fraction of sp³-hybridized carbons (Fsp3) is 0.0833. The molecule has 1 unspecified atom stereocenters. The van der Waals surface area contributed by atoms with Crippen molar-refractivity contribution in [2.45, 2.75) is 12.5 Å². The third-order valence-corrected chi connectivity index (χ3v) is 5.19. The van der Waals surface area contributed by atoms with Gasteiger partial charge in [-0.25, -0.2) is 0 Å². The van der Waals surface area contributed by atoms with E-state index in [2.05, 4.69) is 89.5 Å². The molecule has 1 atom stereocenters. The molecule has 0 spiro atoms. The number of hydrogen-bond acceptors (Lipinski definition) is 1. The van der Waals surface area contributed by atoms with Gasteiger partial charge in [-0.05, 0) is 47.4 Å². The summed E-state index contributed by atoms with van der Waals surface area (Å²) in [5.41, 5.74) is 13.7. The standard InChI is InChI=1S/C24H20N2/c25-19-12-15-24-22(16-19)21-8-4-5-9-23(21)26(24)20-13-10-18(11-14-20)17-6-2-1-3-7-17/h1-15,19H,16,25H2. The van der Waals surface area contributed by atoms with E-state index in [0.29, 0.717) is 0 Å². The Morgan fingerprint density at radius 1 is 0.769 bits per heavy atom. The first kappa shape index (κ1) is 15.2. The highest BCUT2D eigenvalue weighted by atomic mass is 15.0. The van der Waals surface area contributed by atoms with Crippen LogP contribution in [-0.2, 0) is 6.42 Å². The first-order valence-electron chi connectivity index (χ1n) is 9.03. The molecule has 0 bridgehead atoms. The lowest BCUT2D eigenvalue weighted by atomic mass is 9.98. The molecule has 1 aliphatic rings. The van der Waals surface area contributed by atoms with Crippen LogP contribution in [0.25, 0.3) is 33.8 Å². The molecule has 0 aliphatic heterocycles. The highest BCUT2D eigenvalue weighted by Crippen LogP contribution is 2.34. The van der Waals surface area contributed by atoms with Gasteiger partial charge in [0.25, 0.3) is 0 Å². The van der Waals surface area contributed by atoms with Gasteiger partial charge in [-0.15, -0.1) is 0 Å². The predicted molar refractivity (Wildman–Crippen MR) is 109 cm³/mol. The number of hydrogen-bond donors (Lipinski definition) is 1. The van der Waals surface area contributed by atoms with Crippen LogP contribution in [-0.4, -0.2) is 10.6 Å². The molecule has 4 aromatic rings. The molecule has 0 saturated carbocycles. The second kappa shape index (κ2) is 6.01. The average Bonchev–Trinajstić information content (AvgIpc) is 3.02. The van der Waals surface area contributed by atoms with Crippen LogP contribution in [0.15, 0.2) is 84.9 Å². The van der Waals surface area contributed by atoms with Crippen molar-refractivity contribution in [1.29, 1.82) is 0 Å². The molecule has 3 aromatic carbocycles. The molecular formula is C24H20N2. The first-order chi connectivity index (χ1) is 12.8. The van der Waals surface area contributed by atoms with Gasteiger partial charge in [-0.2, -0.15) is 0 Å². The van der Waals surface area contributed by atoms with Gasteiger partial charge in [0.1, 0.15) is 0 Å². The van der Waals surface area contributed by atoms with Gasteiger partial charge >= 0.3 is 0 Å². The summed E-state index contributed by atoms with van der Waals surface area (Å²) in [6.45, 7) is 0. The van der Waals surface area contributed by atoms with Crippen LogP contribution in [0, 0.1) is 0 Å². The van der Waals surface area contributed by atoms with Crippen LogP contribution in [0.1, 0.15) is 11.3 Å². The molecule has 0 radical (unpaired) electrons. The van der Waals surface area contributed by atoms with Gasteiger partial charge in [0.15, 0.2) is 0 Å². The number of rotatable bonds is 2. The zero-order chi connectivity index (χ0) is 17.5. The van der Waals surface area contributed by atoms with E-state index >= 15 is 0 Å². The normalized spacial score (nSPS) is 16.0. The van der Waals surface area contributed by atoms with Crippen molar-refractivity contribution in [2.24, 2.45) is 5.73 Å². The number of nitrogens with zero attached hydrogens (tertiary/aromatic N) is 1. The van der Waals surface area contributed by atoms with Crippen molar-refractivity contribution in [2.75, 3.05) is 0 Å². The summed E-state index contributed by atoms with van der Waals surface area (Å²) in [5.74, 6) is 0. The van der Waals surface area contributed by atoms with E-state index in [9.17, 15) is 0 Å². The van der Waals surface area contributed by atoms with Crippen molar-refractivity contribution in [3.8, 4) is 16.8 Å². The zero-order valence-corrected chi connectivity index (χ0v) is 14.5. The maximum absolute atomic E-state index is 6.18. The highest BCUT2D eigenvalue weighted by Gasteiger charge is 2.20. The number of fused-ring (bicyclic) bond motifs is 3. The number of nitrogens with two attached hydrogens (primary N) is 1. The molecule has 2 nitrogen and oxygen atoms in total. The van der Waals surface area contributed by atoms with E-state index in [4.69, 9.17) is 5.73 Å². The number of aromatic nitrogens is 1. The first-order valence-corrected chi connectivity index (χ1v) is 9.03. The van der Waals surface area contributed by atoms with Crippen LogP contribution in [0.5, 0.6) is 0 Å². The summed E-state index contributed by atoms with van der Waals surface area (Å²) in [6, 6.07) is 28.0. The Kier molecular flexibility index (Phi) is 3.51. The van der Waals surface area contributed by atoms with Crippen LogP contribution in [0.3, 0.4) is 0 Å². The summed E-state index contributed by atoms with van der Waals surface area (Å²) < 4.78 is 2.35. The van der Waals surface area contributed by atoms with E-state index in [1.807, 2.05) is 6.07 Å². The molecule has 126 valence electrons. The fourth-order valence-electron chi connectivity index (χ4n) is 3.95. The zero-order valence-electron chi connectivity index (χ0n) is 14.5. The Hall–Kier alpha value is -3.10. The molecule has 0 amide bonds. The second-order valence-electron chi connectivity index (χ2n) is 6.86. The molecule has 1 aromatic heterocycles. The Labute approximate surface area is 153 Å². The fourth-order valence-corrected chi connectivity index (χ4v) is 3.95. The maximum atomic E-state index is 6.18.